The average Bonchev–Trinajstić information content (AvgIpc) is 2.63. The zero-order valence-electron chi connectivity index (χ0n) is 12.6. The molecule has 0 radical (unpaired) electrons. The van der Waals surface area contributed by atoms with Crippen LogP contribution in [0, 0.1) is 0 Å². The normalized spacial score (nSPS) is 11.0. The highest BCUT2D eigenvalue weighted by Gasteiger charge is 2.22. The van der Waals surface area contributed by atoms with Crippen LogP contribution in [0.25, 0.3) is 11.1 Å². The predicted octanol–water partition coefficient (Wildman–Crippen LogP) is 2.87. The molecule has 3 aromatic rings. The SMILES string of the molecule is O=C(NS(=O)(=O)c1ccccc1-c1cccnc1)c1ccccc1. The van der Waals surface area contributed by atoms with Crippen molar-refractivity contribution in [2.45, 2.75) is 4.90 Å². The van der Waals surface area contributed by atoms with Gasteiger partial charge in [0, 0.05) is 29.1 Å². The van der Waals surface area contributed by atoms with Crippen molar-refractivity contribution < 1.29 is 13.2 Å². The van der Waals surface area contributed by atoms with Crippen LogP contribution in [-0.4, -0.2) is 19.3 Å². The number of sulfonamides is 1. The van der Waals surface area contributed by atoms with E-state index in [1.54, 1.807) is 73.1 Å². The van der Waals surface area contributed by atoms with Gasteiger partial charge in [0.2, 0.25) is 0 Å². The van der Waals surface area contributed by atoms with E-state index in [9.17, 15) is 13.2 Å². The molecule has 0 spiro atoms. The monoisotopic (exact) mass is 338 g/mol. The van der Waals surface area contributed by atoms with Gasteiger partial charge in [-0.05, 0) is 24.3 Å². The summed E-state index contributed by atoms with van der Waals surface area (Å²) in [5, 5.41) is 0. The molecule has 0 aliphatic carbocycles. The van der Waals surface area contributed by atoms with Gasteiger partial charge in [0.05, 0.1) is 4.90 Å². The van der Waals surface area contributed by atoms with Crippen LogP contribution in [0.4, 0.5) is 0 Å². The first-order valence-corrected chi connectivity index (χ1v) is 8.68. The summed E-state index contributed by atoms with van der Waals surface area (Å²) in [6, 6.07) is 18.2. The van der Waals surface area contributed by atoms with Gasteiger partial charge in [0.15, 0.2) is 0 Å². The summed E-state index contributed by atoms with van der Waals surface area (Å²) >= 11 is 0. The summed E-state index contributed by atoms with van der Waals surface area (Å²) in [5.74, 6) is -0.670. The lowest BCUT2D eigenvalue weighted by Crippen LogP contribution is -2.30. The van der Waals surface area contributed by atoms with Crippen molar-refractivity contribution >= 4 is 15.9 Å². The maximum atomic E-state index is 12.7. The smallest absolute Gasteiger partial charge is 0.264 e. The Bertz CT molecular complexity index is 956. The number of carbonyl (C=O) groups excluding carboxylic acids is 1. The van der Waals surface area contributed by atoms with E-state index in [1.165, 1.54) is 6.07 Å². The van der Waals surface area contributed by atoms with E-state index < -0.39 is 15.9 Å². The summed E-state index contributed by atoms with van der Waals surface area (Å²) in [7, 11) is -4.01. The van der Waals surface area contributed by atoms with Gasteiger partial charge >= 0.3 is 0 Å². The lowest BCUT2D eigenvalue weighted by atomic mass is 10.1. The van der Waals surface area contributed by atoms with Gasteiger partial charge in [0.25, 0.3) is 15.9 Å². The molecule has 24 heavy (non-hydrogen) atoms. The van der Waals surface area contributed by atoms with E-state index in [1.807, 2.05) is 0 Å². The molecule has 1 heterocycles. The molecule has 1 aromatic heterocycles. The van der Waals surface area contributed by atoms with Gasteiger partial charge in [-0.1, -0.05) is 42.5 Å². The van der Waals surface area contributed by atoms with Crippen LogP contribution in [0.2, 0.25) is 0 Å². The number of rotatable bonds is 4. The molecule has 0 fully saturated rings. The second-order valence-electron chi connectivity index (χ2n) is 5.04. The maximum Gasteiger partial charge on any atom is 0.264 e. The molecule has 1 N–H and O–H groups in total. The molecule has 0 atom stereocenters. The molecular weight excluding hydrogens is 324 g/mol. The summed E-state index contributed by atoms with van der Waals surface area (Å²) in [6.45, 7) is 0. The maximum absolute atomic E-state index is 12.7. The van der Waals surface area contributed by atoms with Crippen molar-refractivity contribution in [1.29, 1.82) is 0 Å². The summed E-state index contributed by atoms with van der Waals surface area (Å²) < 4.78 is 27.4. The van der Waals surface area contributed by atoms with Crippen molar-refractivity contribution in [3.05, 3.63) is 84.7 Å². The van der Waals surface area contributed by atoms with Crippen molar-refractivity contribution in [2.24, 2.45) is 0 Å². The third-order valence-electron chi connectivity index (χ3n) is 3.41. The van der Waals surface area contributed by atoms with Crippen LogP contribution < -0.4 is 4.72 Å². The quantitative estimate of drug-likeness (QED) is 0.793. The van der Waals surface area contributed by atoms with Gasteiger partial charge in [-0.15, -0.1) is 0 Å². The minimum Gasteiger partial charge on any atom is -0.268 e. The molecule has 1 amide bonds. The molecule has 0 aliphatic heterocycles. The fraction of sp³-hybridized carbons (Fsp3) is 0. The lowest BCUT2D eigenvalue weighted by Gasteiger charge is -2.11. The zero-order chi connectivity index (χ0) is 17.0. The van der Waals surface area contributed by atoms with Crippen molar-refractivity contribution in [1.82, 2.24) is 9.71 Å². The van der Waals surface area contributed by atoms with E-state index in [0.717, 1.165) is 0 Å². The number of aromatic nitrogens is 1. The Hall–Kier alpha value is -2.99. The molecule has 5 nitrogen and oxygen atoms in total. The minimum atomic E-state index is -4.01. The number of hydrogen-bond acceptors (Lipinski definition) is 4. The molecule has 0 aliphatic rings. The first kappa shape index (κ1) is 15.9. The first-order valence-electron chi connectivity index (χ1n) is 7.19. The number of hydrogen-bond donors (Lipinski definition) is 1. The van der Waals surface area contributed by atoms with E-state index in [2.05, 4.69) is 9.71 Å². The Morgan fingerprint density at radius 2 is 1.58 bits per heavy atom. The van der Waals surface area contributed by atoms with Gasteiger partial charge < -0.3 is 0 Å². The fourth-order valence-corrected chi connectivity index (χ4v) is 3.49. The standard InChI is InChI=1S/C18H14N2O3S/c21-18(14-7-2-1-3-8-14)20-24(22,23)17-11-5-4-10-16(17)15-9-6-12-19-13-15/h1-13H,(H,20,21). The molecule has 3 rings (SSSR count). The van der Waals surface area contributed by atoms with Gasteiger partial charge in [-0.3, -0.25) is 9.78 Å². The van der Waals surface area contributed by atoms with Gasteiger partial charge in [-0.2, -0.15) is 0 Å². The second-order valence-corrected chi connectivity index (χ2v) is 6.69. The Kier molecular flexibility index (Phi) is 4.39. The first-order chi connectivity index (χ1) is 11.6. The number of nitrogens with zero attached hydrogens (tertiary/aromatic N) is 1. The third-order valence-corrected chi connectivity index (χ3v) is 4.80. The highest BCUT2D eigenvalue weighted by Crippen LogP contribution is 2.26. The molecule has 0 saturated carbocycles. The van der Waals surface area contributed by atoms with Crippen LogP contribution in [0.5, 0.6) is 0 Å². The third kappa shape index (κ3) is 3.33. The van der Waals surface area contributed by atoms with Crippen LogP contribution in [0.1, 0.15) is 10.4 Å². The minimum absolute atomic E-state index is 0.0299. The Morgan fingerprint density at radius 3 is 2.29 bits per heavy atom. The number of nitrogens with one attached hydrogen (secondary N) is 1. The van der Waals surface area contributed by atoms with Crippen LogP contribution in [0.15, 0.2) is 84.0 Å². The summed E-state index contributed by atoms with van der Waals surface area (Å²) in [4.78, 5) is 16.2. The van der Waals surface area contributed by atoms with E-state index >= 15 is 0 Å². The Labute approximate surface area is 140 Å². The van der Waals surface area contributed by atoms with Crippen LogP contribution >= 0.6 is 0 Å². The van der Waals surface area contributed by atoms with Crippen molar-refractivity contribution in [3.8, 4) is 11.1 Å². The van der Waals surface area contributed by atoms with Gasteiger partial charge in [-0.25, -0.2) is 13.1 Å². The average molecular weight is 338 g/mol. The van der Waals surface area contributed by atoms with Crippen LogP contribution in [0.3, 0.4) is 0 Å². The largest absolute Gasteiger partial charge is 0.268 e. The molecule has 120 valence electrons. The van der Waals surface area contributed by atoms with Crippen molar-refractivity contribution in [3.63, 3.8) is 0 Å². The second kappa shape index (κ2) is 6.64. The van der Waals surface area contributed by atoms with Gasteiger partial charge in [0.1, 0.15) is 0 Å². The predicted molar refractivity (Wildman–Crippen MR) is 90.8 cm³/mol. The molecule has 2 aromatic carbocycles. The number of amides is 1. The number of pyridine rings is 1. The summed E-state index contributed by atoms with van der Waals surface area (Å²) in [5.41, 5.74) is 1.42. The Balaban J connectivity index is 1.98. The molecule has 0 saturated heterocycles. The highest BCUT2D eigenvalue weighted by atomic mass is 32.2. The fourth-order valence-electron chi connectivity index (χ4n) is 2.29. The summed E-state index contributed by atoms with van der Waals surface area (Å²) in [6.07, 6.45) is 3.19. The molecular formula is C18H14N2O3S. The number of carbonyl (C=O) groups is 1. The topological polar surface area (TPSA) is 76.1 Å². The van der Waals surface area contributed by atoms with E-state index in [4.69, 9.17) is 0 Å². The van der Waals surface area contributed by atoms with Crippen LogP contribution in [-0.2, 0) is 10.0 Å². The lowest BCUT2D eigenvalue weighted by molar-refractivity contribution is 0.0981. The Morgan fingerprint density at radius 1 is 0.875 bits per heavy atom. The molecule has 6 heteroatoms. The van der Waals surface area contributed by atoms with E-state index in [-0.39, 0.29) is 10.5 Å². The highest BCUT2D eigenvalue weighted by molar-refractivity contribution is 7.90. The zero-order valence-corrected chi connectivity index (χ0v) is 13.4. The molecule has 0 bridgehead atoms. The number of benzene rings is 2. The van der Waals surface area contributed by atoms with Crippen molar-refractivity contribution in [2.75, 3.05) is 0 Å². The van der Waals surface area contributed by atoms with E-state index in [0.29, 0.717) is 11.1 Å². The molecule has 0 unspecified atom stereocenters.